The van der Waals surface area contributed by atoms with Crippen LogP contribution in [0.3, 0.4) is 0 Å². The van der Waals surface area contributed by atoms with Gasteiger partial charge in [0.25, 0.3) is 5.91 Å². The second-order valence-corrected chi connectivity index (χ2v) is 4.33. The Morgan fingerprint density at radius 2 is 2.17 bits per heavy atom. The number of carbonyl (C=O) groups excluding carboxylic acids is 1. The summed E-state index contributed by atoms with van der Waals surface area (Å²) in [7, 11) is 0. The van der Waals surface area contributed by atoms with Gasteiger partial charge in [0.1, 0.15) is 5.69 Å². The Labute approximate surface area is 110 Å². The molecule has 1 aromatic heterocycles. The van der Waals surface area contributed by atoms with Crippen molar-refractivity contribution in [2.45, 2.75) is 0 Å². The monoisotopic (exact) mass is 309 g/mol. The van der Waals surface area contributed by atoms with Gasteiger partial charge < -0.3 is 15.4 Å². The van der Waals surface area contributed by atoms with Crippen LogP contribution in [0.4, 0.5) is 5.69 Å². The highest BCUT2D eigenvalue weighted by Crippen LogP contribution is 2.22. The van der Waals surface area contributed by atoms with Gasteiger partial charge in [0, 0.05) is 4.47 Å². The van der Waals surface area contributed by atoms with Crippen molar-refractivity contribution in [1.82, 2.24) is 9.97 Å². The largest absolute Gasteiger partial charge is 0.478 e. The van der Waals surface area contributed by atoms with Gasteiger partial charge in [-0.05, 0) is 18.2 Å². The van der Waals surface area contributed by atoms with Crippen molar-refractivity contribution in [3.8, 4) is 0 Å². The molecule has 0 saturated heterocycles. The van der Waals surface area contributed by atoms with Crippen molar-refractivity contribution in [3.63, 3.8) is 0 Å². The van der Waals surface area contributed by atoms with Crippen LogP contribution in [0.5, 0.6) is 0 Å². The smallest absolute Gasteiger partial charge is 0.337 e. The molecule has 0 bridgehead atoms. The molecule has 1 heterocycles. The number of H-pyrrole nitrogens is 1. The lowest BCUT2D eigenvalue weighted by atomic mass is 10.2. The number of anilines is 1. The number of imidazole rings is 1. The van der Waals surface area contributed by atoms with E-state index in [0.29, 0.717) is 4.47 Å². The molecule has 0 aliphatic carbocycles. The molecule has 2 rings (SSSR count). The minimum atomic E-state index is -1.11. The topological polar surface area (TPSA) is 95.1 Å². The van der Waals surface area contributed by atoms with E-state index in [4.69, 9.17) is 5.11 Å². The summed E-state index contributed by atoms with van der Waals surface area (Å²) < 4.78 is 0.674. The summed E-state index contributed by atoms with van der Waals surface area (Å²) >= 11 is 3.22. The normalized spacial score (nSPS) is 10.1. The highest BCUT2D eigenvalue weighted by Gasteiger charge is 2.14. The first kappa shape index (κ1) is 12.3. The minimum absolute atomic E-state index is 0.0195. The molecular weight excluding hydrogens is 302 g/mol. The average molecular weight is 310 g/mol. The Bertz CT molecular complexity index is 596. The molecule has 0 fully saturated rings. The molecule has 0 saturated carbocycles. The Kier molecular flexibility index (Phi) is 3.42. The number of carbonyl (C=O) groups is 2. The predicted molar refractivity (Wildman–Crippen MR) is 67.6 cm³/mol. The van der Waals surface area contributed by atoms with Gasteiger partial charge in [0.15, 0.2) is 0 Å². The number of carboxylic acids is 1. The van der Waals surface area contributed by atoms with E-state index in [2.05, 4.69) is 31.2 Å². The first-order valence-corrected chi connectivity index (χ1v) is 5.70. The van der Waals surface area contributed by atoms with Crippen molar-refractivity contribution in [3.05, 3.63) is 46.5 Å². The molecule has 6 nitrogen and oxygen atoms in total. The maximum absolute atomic E-state index is 11.8. The second kappa shape index (κ2) is 5.01. The Balaban J connectivity index is 2.31. The molecule has 0 spiro atoms. The van der Waals surface area contributed by atoms with Crippen LogP contribution >= 0.6 is 15.9 Å². The van der Waals surface area contributed by atoms with Crippen molar-refractivity contribution in [2.75, 3.05) is 5.32 Å². The van der Waals surface area contributed by atoms with Crippen LogP contribution in [0.1, 0.15) is 20.8 Å². The summed E-state index contributed by atoms with van der Waals surface area (Å²) in [6, 6.07) is 4.53. The zero-order chi connectivity index (χ0) is 13.1. The van der Waals surface area contributed by atoms with E-state index in [1.165, 1.54) is 24.7 Å². The van der Waals surface area contributed by atoms with Gasteiger partial charge in [0.05, 0.1) is 23.8 Å². The molecule has 7 heteroatoms. The number of rotatable bonds is 3. The number of nitrogens with zero attached hydrogens (tertiary/aromatic N) is 1. The quantitative estimate of drug-likeness (QED) is 0.809. The number of amides is 1. The highest BCUT2D eigenvalue weighted by molar-refractivity contribution is 9.10. The summed E-state index contributed by atoms with van der Waals surface area (Å²) in [6.07, 6.45) is 2.72. The van der Waals surface area contributed by atoms with E-state index in [9.17, 15) is 9.59 Å². The minimum Gasteiger partial charge on any atom is -0.478 e. The molecule has 92 valence electrons. The van der Waals surface area contributed by atoms with Gasteiger partial charge in [-0.2, -0.15) is 0 Å². The third kappa shape index (κ3) is 2.57. The fourth-order valence-corrected chi connectivity index (χ4v) is 1.74. The van der Waals surface area contributed by atoms with E-state index >= 15 is 0 Å². The zero-order valence-electron chi connectivity index (χ0n) is 8.98. The summed E-state index contributed by atoms with van der Waals surface area (Å²) in [6.45, 7) is 0. The number of aromatic carboxylic acids is 1. The van der Waals surface area contributed by atoms with E-state index < -0.39 is 11.9 Å². The summed E-state index contributed by atoms with van der Waals surface area (Å²) in [5.41, 5.74) is 0.494. The van der Waals surface area contributed by atoms with Crippen LogP contribution in [0, 0.1) is 0 Å². The number of hydrogen-bond acceptors (Lipinski definition) is 3. The fourth-order valence-electron chi connectivity index (χ4n) is 1.38. The van der Waals surface area contributed by atoms with Gasteiger partial charge in [-0.3, -0.25) is 4.79 Å². The number of carboxylic acid groups (broad SMARTS) is 1. The summed E-state index contributed by atoms with van der Waals surface area (Å²) in [4.78, 5) is 29.1. The van der Waals surface area contributed by atoms with Crippen LogP contribution in [0.15, 0.2) is 35.2 Å². The molecule has 2 aromatic rings. The molecule has 18 heavy (non-hydrogen) atoms. The van der Waals surface area contributed by atoms with Crippen LogP contribution in [-0.4, -0.2) is 27.0 Å². The van der Waals surface area contributed by atoms with Gasteiger partial charge in [0.2, 0.25) is 0 Å². The van der Waals surface area contributed by atoms with Gasteiger partial charge >= 0.3 is 5.97 Å². The Hall–Kier alpha value is -2.15. The van der Waals surface area contributed by atoms with E-state index in [0.717, 1.165) is 0 Å². The third-order valence-corrected chi connectivity index (χ3v) is 2.70. The fraction of sp³-hybridized carbons (Fsp3) is 0. The van der Waals surface area contributed by atoms with Crippen molar-refractivity contribution in [2.24, 2.45) is 0 Å². The van der Waals surface area contributed by atoms with Gasteiger partial charge in [-0.15, -0.1) is 0 Å². The van der Waals surface area contributed by atoms with Crippen molar-refractivity contribution >= 4 is 33.5 Å². The maximum Gasteiger partial charge on any atom is 0.337 e. The first-order chi connectivity index (χ1) is 8.58. The number of aromatic nitrogens is 2. The first-order valence-electron chi connectivity index (χ1n) is 4.90. The lowest BCUT2D eigenvalue weighted by Crippen LogP contribution is -2.15. The number of hydrogen-bond donors (Lipinski definition) is 3. The van der Waals surface area contributed by atoms with E-state index in [-0.39, 0.29) is 16.9 Å². The number of halogens is 1. The average Bonchev–Trinajstić information content (AvgIpc) is 2.81. The van der Waals surface area contributed by atoms with E-state index in [1.807, 2.05) is 0 Å². The third-order valence-electron chi connectivity index (χ3n) is 2.20. The number of aromatic amines is 1. The highest BCUT2D eigenvalue weighted by atomic mass is 79.9. The lowest BCUT2D eigenvalue weighted by Gasteiger charge is -2.07. The molecule has 3 N–H and O–H groups in total. The van der Waals surface area contributed by atoms with Gasteiger partial charge in [-0.25, -0.2) is 9.78 Å². The van der Waals surface area contributed by atoms with Crippen LogP contribution in [0.2, 0.25) is 0 Å². The van der Waals surface area contributed by atoms with Crippen LogP contribution in [0.25, 0.3) is 0 Å². The molecule has 0 aliphatic heterocycles. The number of nitrogens with one attached hydrogen (secondary N) is 2. The summed E-state index contributed by atoms with van der Waals surface area (Å²) in [5.74, 6) is -1.56. The van der Waals surface area contributed by atoms with Crippen LogP contribution < -0.4 is 5.32 Å². The van der Waals surface area contributed by atoms with Gasteiger partial charge in [-0.1, -0.05) is 15.9 Å². The lowest BCUT2D eigenvalue weighted by molar-refractivity contribution is 0.0698. The Morgan fingerprint density at radius 1 is 1.39 bits per heavy atom. The number of benzene rings is 1. The van der Waals surface area contributed by atoms with Crippen LogP contribution in [-0.2, 0) is 0 Å². The molecular formula is C11H8BrN3O3. The maximum atomic E-state index is 11.8. The Morgan fingerprint density at radius 3 is 2.78 bits per heavy atom. The predicted octanol–water partition coefficient (Wildman–Crippen LogP) is 2.12. The van der Waals surface area contributed by atoms with Crippen molar-refractivity contribution in [1.29, 1.82) is 0 Å². The second-order valence-electron chi connectivity index (χ2n) is 3.41. The molecule has 0 atom stereocenters. The molecule has 0 radical (unpaired) electrons. The molecule has 1 amide bonds. The van der Waals surface area contributed by atoms with E-state index in [1.54, 1.807) is 6.07 Å². The zero-order valence-corrected chi connectivity index (χ0v) is 10.6. The van der Waals surface area contributed by atoms with Crippen molar-refractivity contribution < 1.29 is 14.7 Å². The summed E-state index contributed by atoms with van der Waals surface area (Å²) in [5, 5.41) is 11.5. The molecule has 1 aromatic carbocycles. The standard InChI is InChI=1S/C11H8BrN3O3/c12-6-1-2-7(11(17)18)8(3-6)15-10(16)9-4-13-5-14-9/h1-5H,(H,13,14)(H,15,16)(H,17,18). The molecule has 0 unspecified atom stereocenters. The molecule has 0 aliphatic rings. The SMILES string of the molecule is O=C(Nc1cc(Br)ccc1C(=O)O)c1cnc[nH]1.